The van der Waals surface area contributed by atoms with Crippen LogP contribution in [0.4, 0.5) is 0 Å². The SMILES string of the molecule is Cc1[nH]c2ccccc2c1C(=O)C(C)OC(=O)CC12CC3CC(CC(O)(C3)C1)C2. The second-order valence-electron chi connectivity index (χ2n) is 10.0. The number of hydrogen-bond acceptors (Lipinski definition) is 4. The minimum atomic E-state index is -0.822. The summed E-state index contributed by atoms with van der Waals surface area (Å²) in [7, 11) is 0. The molecule has 2 N–H and O–H groups in total. The van der Waals surface area contributed by atoms with Gasteiger partial charge in [0.05, 0.1) is 12.0 Å². The van der Waals surface area contributed by atoms with Crippen LogP contribution in [0.3, 0.4) is 0 Å². The van der Waals surface area contributed by atoms with Gasteiger partial charge < -0.3 is 14.8 Å². The third kappa shape index (κ3) is 3.20. The van der Waals surface area contributed by atoms with E-state index in [9.17, 15) is 14.7 Å². The first-order valence-electron chi connectivity index (χ1n) is 10.8. The second kappa shape index (κ2) is 6.43. The number of ketones is 1. The van der Waals surface area contributed by atoms with Gasteiger partial charge in [0, 0.05) is 22.2 Å². The molecule has 4 saturated carbocycles. The molecule has 6 rings (SSSR count). The summed E-state index contributed by atoms with van der Waals surface area (Å²) in [5.41, 5.74) is 1.57. The molecular formula is C24H29NO4. The summed E-state index contributed by atoms with van der Waals surface area (Å²) in [6.07, 6.45) is 5.16. The molecule has 0 amide bonds. The van der Waals surface area contributed by atoms with E-state index < -0.39 is 11.7 Å². The van der Waals surface area contributed by atoms with Crippen molar-refractivity contribution in [2.45, 2.75) is 70.5 Å². The van der Waals surface area contributed by atoms with E-state index in [4.69, 9.17) is 4.74 Å². The lowest BCUT2D eigenvalue weighted by Gasteiger charge is -2.60. The number of Topliss-reactive ketones (excluding diaryl/α,β-unsaturated/α-hetero) is 1. The molecule has 5 nitrogen and oxygen atoms in total. The Balaban J connectivity index is 1.30. The number of aliphatic hydroxyl groups is 1. The number of aromatic nitrogens is 1. The lowest BCUT2D eigenvalue weighted by Crippen LogP contribution is -2.56. The van der Waals surface area contributed by atoms with Gasteiger partial charge in [-0.25, -0.2) is 0 Å². The first kappa shape index (κ1) is 18.9. The van der Waals surface area contributed by atoms with E-state index in [0.29, 0.717) is 30.2 Å². The molecular weight excluding hydrogens is 366 g/mol. The fourth-order valence-electron chi connectivity index (χ4n) is 7.00. The van der Waals surface area contributed by atoms with Crippen LogP contribution in [-0.4, -0.2) is 33.5 Å². The molecule has 0 spiro atoms. The summed E-state index contributed by atoms with van der Waals surface area (Å²) >= 11 is 0. The molecule has 0 aliphatic heterocycles. The van der Waals surface area contributed by atoms with Crippen molar-refractivity contribution in [3.05, 3.63) is 35.5 Å². The molecule has 2 aromatic rings. The number of H-pyrrole nitrogens is 1. The maximum atomic E-state index is 13.1. The standard InChI is InChI=1S/C24H29NO4/c1-14-21(18-5-3-4-6-19(18)25-14)22(27)15(2)29-20(26)12-23-8-16-7-17(9-23)11-24(28,10-16)13-23/h3-6,15-17,25,28H,7-13H2,1-2H3. The lowest BCUT2D eigenvalue weighted by atomic mass is 9.47. The fourth-order valence-corrected chi connectivity index (χ4v) is 7.00. The molecule has 3 atom stereocenters. The molecule has 0 saturated heterocycles. The highest BCUT2D eigenvalue weighted by atomic mass is 16.5. The Labute approximate surface area is 170 Å². The second-order valence-corrected chi connectivity index (χ2v) is 10.0. The highest BCUT2D eigenvalue weighted by Gasteiger charge is 2.57. The van der Waals surface area contributed by atoms with Gasteiger partial charge in [-0.05, 0) is 75.7 Å². The zero-order valence-corrected chi connectivity index (χ0v) is 17.2. The molecule has 1 aromatic heterocycles. The predicted octanol–water partition coefficient (Wildman–Crippen LogP) is 4.31. The Bertz CT molecular complexity index is 976. The van der Waals surface area contributed by atoms with Crippen molar-refractivity contribution < 1.29 is 19.4 Å². The summed E-state index contributed by atoms with van der Waals surface area (Å²) < 4.78 is 5.63. The van der Waals surface area contributed by atoms with E-state index in [-0.39, 0.29) is 17.2 Å². The van der Waals surface area contributed by atoms with Crippen LogP contribution in [0.1, 0.15) is 67.9 Å². The van der Waals surface area contributed by atoms with E-state index in [1.165, 1.54) is 6.42 Å². The van der Waals surface area contributed by atoms with Gasteiger partial charge in [0.15, 0.2) is 6.10 Å². The number of nitrogens with one attached hydrogen (secondary N) is 1. The van der Waals surface area contributed by atoms with Crippen molar-refractivity contribution in [1.29, 1.82) is 0 Å². The van der Waals surface area contributed by atoms with Crippen molar-refractivity contribution >= 4 is 22.7 Å². The number of carbonyl (C=O) groups excluding carboxylic acids is 2. The first-order chi connectivity index (χ1) is 13.8. The summed E-state index contributed by atoms with van der Waals surface area (Å²) in [4.78, 5) is 29.1. The van der Waals surface area contributed by atoms with Gasteiger partial charge in [-0.1, -0.05) is 18.2 Å². The maximum Gasteiger partial charge on any atom is 0.307 e. The van der Waals surface area contributed by atoms with E-state index in [1.807, 2.05) is 31.2 Å². The summed E-state index contributed by atoms with van der Waals surface area (Å²) in [6.45, 7) is 3.53. The van der Waals surface area contributed by atoms with E-state index in [1.54, 1.807) is 6.92 Å². The van der Waals surface area contributed by atoms with E-state index in [2.05, 4.69) is 4.98 Å². The number of aromatic amines is 1. The van der Waals surface area contributed by atoms with Crippen LogP contribution in [0, 0.1) is 24.2 Å². The molecule has 4 fully saturated rings. The van der Waals surface area contributed by atoms with Gasteiger partial charge in [-0.2, -0.15) is 0 Å². The highest BCUT2D eigenvalue weighted by molar-refractivity contribution is 6.11. The number of fused-ring (bicyclic) bond motifs is 1. The van der Waals surface area contributed by atoms with E-state index in [0.717, 1.165) is 42.3 Å². The van der Waals surface area contributed by atoms with Gasteiger partial charge in [-0.15, -0.1) is 0 Å². The molecule has 4 aliphatic carbocycles. The number of benzene rings is 1. The van der Waals surface area contributed by atoms with Crippen LogP contribution in [0.15, 0.2) is 24.3 Å². The number of aryl methyl sites for hydroxylation is 1. The number of esters is 1. The average Bonchev–Trinajstić information content (AvgIpc) is 2.93. The summed E-state index contributed by atoms with van der Waals surface area (Å²) in [5.74, 6) is 0.579. The van der Waals surface area contributed by atoms with Crippen LogP contribution >= 0.6 is 0 Å². The van der Waals surface area contributed by atoms with Crippen molar-refractivity contribution in [1.82, 2.24) is 4.98 Å². The minimum Gasteiger partial charge on any atom is -0.454 e. The molecule has 154 valence electrons. The molecule has 4 bridgehead atoms. The highest BCUT2D eigenvalue weighted by Crippen LogP contribution is 2.62. The fraction of sp³-hybridized carbons (Fsp3) is 0.583. The van der Waals surface area contributed by atoms with Gasteiger partial charge in [0.2, 0.25) is 5.78 Å². The van der Waals surface area contributed by atoms with Crippen molar-refractivity contribution in [3.63, 3.8) is 0 Å². The van der Waals surface area contributed by atoms with Crippen LogP contribution in [0.2, 0.25) is 0 Å². The largest absolute Gasteiger partial charge is 0.454 e. The third-order valence-electron chi connectivity index (χ3n) is 7.49. The quantitative estimate of drug-likeness (QED) is 0.584. The minimum absolute atomic E-state index is 0.143. The average molecular weight is 395 g/mol. The molecule has 4 aliphatic rings. The smallest absolute Gasteiger partial charge is 0.307 e. The number of carbonyl (C=O) groups is 2. The van der Waals surface area contributed by atoms with Crippen molar-refractivity contribution in [3.8, 4) is 0 Å². The predicted molar refractivity (Wildman–Crippen MR) is 110 cm³/mol. The van der Waals surface area contributed by atoms with Crippen LogP contribution in [0.5, 0.6) is 0 Å². The van der Waals surface area contributed by atoms with Gasteiger partial charge in [-0.3, -0.25) is 9.59 Å². The number of hydrogen-bond donors (Lipinski definition) is 2. The Hall–Kier alpha value is -2.14. The third-order valence-corrected chi connectivity index (χ3v) is 7.49. The Morgan fingerprint density at radius 2 is 1.90 bits per heavy atom. The maximum absolute atomic E-state index is 13.1. The van der Waals surface area contributed by atoms with Crippen LogP contribution in [-0.2, 0) is 9.53 Å². The van der Waals surface area contributed by atoms with Crippen LogP contribution < -0.4 is 0 Å². The van der Waals surface area contributed by atoms with Gasteiger partial charge >= 0.3 is 5.97 Å². The molecule has 0 radical (unpaired) electrons. The Kier molecular flexibility index (Phi) is 4.18. The zero-order chi connectivity index (χ0) is 20.4. The van der Waals surface area contributed by atoms with E-state index >= 15 is 0 Å². The Morgan fingerprint density at radius 1 is 1.21 bits per heavy atom. The molecule has 1 heterocycles. The monoisotopic (exact) mass is 395 g/mol. The van der Waals surface area contributed by atoms with Crippen molar-refractivity contribution in [2.24, 2.45) is 17.3 Å². The first-order valence-corrected chi connectivity index (χ1v) is 10.8. The number of para-hydroxylation sites is 1. The lowest BCUT2D eigenvalue weighted by molar-refractivity contribution is -0.178. The number of ether oxygens (including phenoxy) is 1. The molecule has 29 heavy (non-hydrogen) atoms. The summed E-state index contributed by atoms with van der Waals surface area (Å²) in [6, 6.07) is 7.68. The van der Waals surface area contributed by atoms with Gasteiger partial charge in [0.1, 0.15) is 0 Å². The topological polar surface area (TPSA) is 79.4 Å². The zero-order valence-electron chi connectivity index (χ0n) is 17.2. The number of rotatable bonds is 5. The molecule has 3 unspecified atom stereocenters. The van der Waals surface area contributed by atoms with Crippen LogP contribution in [0.25, 0.3) is 10.9 Å². The molecule has 5 heteroatoms. The summed E-state index contributed by atoms with van der Waals surface area (Å²) in [5, 5.41) is 11.8. The van der Waals surface area contributed by atoms with Gasteiger partial charge in [0.25, 0.3) is 0 Å². The molecule has 1 aromatic carbocycles. The van der Waals surface area contributed by atoms with Crippen molar-refractivity contribution in [2.75, 3.05) is 0 Å². The Morgan fingerprint density at radius 3 is 2.59 bits per heavy atom. The normalized spacial score (nSPS) is 33.8.